The normalized spacial score (nSPS) is 11.3. The van der Waals surface area contributed by atoms with E-state index >= 15 is 0 Å². The molecule has 8 nitrogen and oxygen atoms in total. The van der Waals surface area contributed by atoms with Gasteiger partial charge >= 0.3 is 0 Å². The van der Waals surface area contributed by atoms with E-state index in [2.05, 4.69) is 40.1 Å². The predicted molar refractivity (Wildman–Crippen MR) is 62.4 cm³/mol. The third-order valence-corrected chi connectivity index (χ3v) is 2.61. The molecule has 0 aromatic carbocycles. The summed E-state index contributed by atoms with van der Waals surface area (Å²) in [6.07, 6.45) is 6.38. The minimum atomic E-state index is 0.486. The monoisotopic (exact) mass is 238 g/mol. The molecule has 0 unspecified atom stereocenters. The first kappa shape index (κ1) is 9.16. The Morgan fingerprint density at radius 2 is 2.00 bits per heavy atom. The summed E-state index contributed by atoms with van der Waals surface area (Å²) < 4.78 is 0. The topological polar surface area (TPSA) is 109 Å². The van der Waals surface area contributed by atoms with Crippen molar-refractivity contribution in [3.8, 4) is 11.5 Å². The molecule has 0 aliphatic heterocycles. The lowest BCUT2D eigenvalue weighted by Crippen LogP contribution is -1.91. The maximum absolute atomic E-state index is 4.33. The molecule has 4 aromatic heterocycles. The third kappa shape index (κ3) is 1.19. The molecular formula is C10H6N8. The highest BCUT2D eigenvalue weighted by atomic mass is 15.2. The van der Waals surface area contributed by atoms with Gasteiger partial charge < -0.3 is 4.98 Å². The van der Waals surface area contributed by atoms with Crippen LogP contribution in [0.1, 0.15) is 0 Å². The molecule has 0 amide bonds. The lowest BCUT2D eigenvalue weighted by atomic mass is 10.3. The van der Waals surface area contributed by atoms with E-state index in [1.54, 1.807) is 18.7 Å². The third-order valence-electron chi connectivity index (χ3n) is 2.61. The summed E-state index contributed by atoms with van der Waals surface area (Å²) >= 11 is 0. The molecule has 4 rings (SSSR count). The zero-order chi connectivity index (χ0) is 11.9. The van der Waals surface area contributed by atoms with E-state index in [0.29, 0.717) is 22.7 Å². The van der Waals surface area contributed by atoms with Gasteiger partial charge in [-0.3, -0.25) is 5.10 Å². The fraction of sp³-hybridized carbons (Fsp3) is 0. The number of hydrogen-bond acceptors (Lipinski definition) is 6. The van der Waals surface area contributed by atoms with E-state index in [4.69, 9.17) is 0 Å². The Hall–Kier alpha value is -2.90. The van der Waals surface area contributed by atoms with E-state index in [0.717, 1.165) is 11.0 Å². The van der Waals surface area contributed by atoms with E-state index in [1.165, 1.54) is 6.33 Å². The van der Waals surface area contributed by atoms with Crippen molar-refractivity contribution in [3.05, 3.63) is 25.0 Å². The zero-order valence-electron chi connectivity index (χ0n) is 8.99. The van der Waals surface area contributed by atoms with Gasteiger partial charge in [0.1, 0.15) is 22.9 Å². The Morgan fingerprint density at radius 1 is 1.00 bits per heavy atom. The van der Waals surface area contributed by atoms with Crippen molar-refractivity contribution in [2.75, 3.05) is 0 Å². The van der Waals surface area contributed by atoms with Crippen molar-refractivity contribution in [3.63, 3.8) is 0 Å². The van der Waals surface area contributed by atoms with Crippen LogP contribution in [0.4, 0.5) is 0 Å². The Labute approximate surface area is 99.6 Å². The number of imidazole rings is 1. The van der Waals surface area contributed by atoms with Crippen LogP contribution in [0.15, 0.2) is 25.0 Å². The molecule has 0 spiro atoms. The first-order valence-corrected chi connectivity index (χ1v) is 5.22. The van der Waals surface area contributed by atoms with Gasteiger partial charge in [0, 0.05) is 0 Å². The van der Waals surface area contributed by atoms with Crippen LogP contribution in [0.25, 0.3) is 33.7 Å². The van der Waals surface area contributed by atoms with Crippen molar-refractivity contribution in [2.45, 2.75) is 0 Å². The van der Waals surface area contributed by atoms with Crippen LogP contribution in [0.3, 0.4) is 0 Å². The van der Waals surface area contributed by atoms with Crippen LogP contribution in [0.5, 0.6) is 0 Å². The first-order valence-electron chi connectivity index (χ1n) is 5.22. The van der Waals surface area contributed by atoms with Crippen LogP contribution in [0.2, 0.25) is 0 Å². The molecule has 0 radical (unpaired) electrons. The number of fused-ring (bicyclic) bond motifs is 2. The maximum atomic E-state index is 4.33. The molecule has 18 heavy (non-hydrogen) atoms. The van der Waals surface area contributed by atoms with Crippen molar-refractivity contribution >= 4 is 22.2 Å². The minimum Gasteiger partial charge on any atom is -0.342 e. The summed E-state index contributed by atoms with van der Waals surface area (Å²) in [5, 5.41) is 7.01. The highest BCUT2D eigenvalue weighted by molar-refractivity contribution is 5.87. The van der Waals surface area contributed by atoms with Crippen molar-refractivity contribution in [2.24, 2.45) is 0 Å². The largest absolute Gasteiger partial charge is 0.342 e. The average Bonchev–Trinajstić information content (AvgIpc) is 3.04. The van der Waals surface area contributed by atoms with Crippen LogP contribution in [-0.4, -0.2) is 40.1 Å². The average molecular weight is 238 g/mol. The molecule has 8 heteroatoms. The van der Waals surface area contributed by atoms with Gasteiger partial charge in [-0.15, -0.1) is 0 Å². The number of H-pyrrole nitrogens is 2. The van der Waals surface area contributed by atoms with Crippen LogP contribution < -0.4 is 0 Å². The molecule has 0 atom stereocenters. The molecule has 0 bridgehead atoms. The van der Waals surface area contributed by atoms with Crippen LogP contribution in [-0.2, 0) is 0 Å². The smallest absolute Gasteiger partial charge is 0.184 e. The lowest BCUT2D eigenvalue weighted by Gasteiger charge is -1.95. The summed E-state index contributed by atoms with van der Waals surface area (Å²) in [6, 6.07) is 0. The Morgan fingerprint density at radius 3 is 3.00 bits per heavy atom. The molecule has 4 aromatic rings. The van der Waals surface area contributed by atoms with E-state index in [1.807, 2.05) is 0 Å². The molecule has 0 saturated heterocycles. The summed E-state index contributed by atoms with van der Waals surface area (Å²) in [6.45, 7) is 0. The number of hydrogen-bond donors (Lipinski definition) is 2. The van der Waals surface area contributed by atoms with Gasteiger partial charge in [0.05, 0.1) is 18.7 Å². The number of aromatic amines is 2. The molecular weight excluding hydrogens is 232 g/mol. The number of rotatable bonds is 1. The lowest BCUT2D eigenvalue weighted by molar-refractivity contribution is 1.09. The first-order chi connectivity index (χ1) is 8.92. The van der Waals surface area contributed by atoms with Crippen LogP contribution in [0, 0.1) is 0 Å². The van der Waals surface area contributed by atoms with Crippen molar-refractivity contribution in [1.82, 2.24) is 40.1 Å². The summed E-state index contributed by atoms with van der Waals surface area (Å²) in [5.41, 5.74) is 3.42. The second kappa shape index (κ2) is 3.29. The maximum Gasteiger partial charge on any atom is 0.184 e. The quantitative estimate of drug-likeness (QED) is 0.505. The van der Waals surface area contributed by atoms with E-state index < -0.39 is 0 Å². The van der Waals surface area contributed by atoms with Gasteiger partial charge in [-0.2, -0.15) is 5.10 Å². The van der Waals surface area contributed by atoms with Crippen molar-refractivity contribution in [1.29, 1.82) is 0 Å². The molecule has 0 aliphatic rings. The Bertz CT molecular complexity index is 845. The molecule has 0 aliphatic carbocycles. The van der Waals surface area contributed by atoms with Gasteiger partial charge in [-0.1, -0.05) is 0 Å². The van der Waals surface area contributed by atoms with Gasteiger partial charge in [0.15, 0.2) is 17.2 Å². The molecule has 86 valence electrons. The number of nitrogens with zero attached hydrogens (tertiary/aromatic N) is 6. The van der Waals surface area contributed by atoms with Gasteiger partial charge in [-0.05, 0) is 0 Å². The van der Waals surface area contributed by atoms with Crippen molar-refractivity contribution < 1.29 is 0 Å². The summed E-state index contributed by atoms with van der Waals surface area (Å²) in [7, 11) is 0. The summed E-state index contributed by atoms with van der Waals surface area (Å²) in [4.78, 5) is 23.7. The SMILES string of the molecule is c1ncc2[nH]nc(-c3ncc4[nH]cnc4n3)c2n1. The van der Waals surface area contributed by atoms with Gasteiger partial charge in [-0.25, -0.2) is 24.9 Å². The minimum absolute atomic E-state index is 0.486. The predicted octanol–water partition coefficient (Wildman–Crippen LogP) is 0.686. The highest BCUT2D eigenvalue weighted by Gasteiger charge is 2.13. The van der Waals surface area contributed by atoms with Gasteiger partial charge in [0.25, 0.3) is 0 Å². The van der Waals surface area contributed by atoms with E-state index in [-0.39, 0.29) is 0 Å². The second-order valence-corrected chi connectivity index (χ2v) is 3.69. The van der Waals surface area contributed by atoms with E-state index in [9.17, 15) is 0 Å². The number of nitrogens with one attached hydrogen (secondary N) is 2. The van der Waals surface area contributed by atoms with Gasteiger partial charge in [0.2, 0.25) is 0 Å². The standard InChI is InChI=1S/C10H6N8/c1-5-7(14-3-11-1)8(18-17-5)10-12-2-6-9(16-10)15-4-13-6/h1-4H,(H,17,18)(H,12,13,15,16). The Balaban J connectivity index is 2.00. The molecule has 4 heterocycles. The zero-order valence-corrected chi connectivity index (χ0v) is 8.99. The summed E-state index contributed by atoms with van der Waals surface area (Å²) in [5.74, 6) is 0.486. The number of aromatic nitrogens is 8. The van der Waals surface area contributed by atoms with Crippen LogP contribution >= 0.6 is 0 Å². The molecule has 0 fully saturated rings. The molecule has 2 N–H and O–H groups in total. The Kier molecular flexibility index (Phi) is 1.68. The fourth-order valence-corrected chi connectivity index (χ4v) is 1.78. The molecule has 0 saturated carbocycles. The fourth-order valence-electron chi connectivity index (χ4n) is 1.78. The highest BCUT2D eigenvalue weighted by Crippen LogP contribution is 2.21. The second-order valence-electron chi connectivity index (χ2n) is 3.69.